The van der Waals surface area contributed by atoms with Crippen molar-refractivity contribution < 1.29 is 4.79 Å². The molecule has 0 aliphatic carbocycles. The van der Waals surface area contributed by atoms with Gasteiger partial charge in [-0.05, 0) is 37.0 Å². The third kappa shape index (κ3) is 10.8. The summed E-state index contributed by atoms with van der Waals surface area (Å²) in [6.45, 7) is 18.1. The smallest absolute Gasteiger partial charge is 0.251 e. The van der Waals surface area contributed by atoms with Gasteiger partial charge in [0, 0.05) is 44.8 Å². The molecule has 1 rings (SSSR count). The van der Waals surface area contributed by atoms with Crippen LogP contribution in [0.5, 0.6) is 0 Å². The second-order valence-electron chi connectivity index (χ2n) is 7.52. The normalized spacial score (nSPS) is 12.1. The molecule has 0 bridgehead atoms. The number of nitrogens with one attached hydrogen (secondary N) is 3. The van der Waals surface area contributed by atoms with E-state index in [2.05, 4.69) is 54.8 Å². The maximum atomic E-state index is 11.8. The monoisotopic (exact) mass is 541 g/mol. The molecule has 1 amide bonds. The highest BCUT2D eigenvalue weighted by atomic mass is 127. The van der Waals surface area contributed by atoms with Crippen LogP contribution in [-0.4, -0.2) is 62.6 Å². The lowest BCUT2D eigenvalue weighted by molar-refractivity contribution is 0.0963. The first-order valence-electron chi connectivity index (χ1n) is 10.8. The Labute approximate surface area is 205 Å². The van der Waals surface area contributed by atoms with Gasteiger partial charge in [-0.25, -0.2) is 0 Å². The van der Waals surface area contributed by atoms with Crippen molar-refractivity contribution in [1.82, 2.24) is 20.9 Å². The summed E-state index contributed by atoms with van der Waals surface area (Å²) >= 11 is 0. The molecule has 1 atom stereocenters. The largest absolute Gasteiger partial charge is 0.357 e. The Morgan fingerprint density at radius 3 is 2.42 bits per heavy atom. The van der Waals surface area contributed by atoms with Crippen molar-refractivity contribution in [3.05, 3.63) is 60.7 Å². The molecule has 0 saturated carbocycles. The Balaban J connectivity index is 0.00000900. The molecule has 6 nitrogen and oxygen atoms in total. The fraction of sp³-hybridized carbons (Fsp3) is 0.500. The lowest BCUT2D eigenvalue weighted by Crippen LogP contribution is -2.43. The number of hydrogen-bond acceptors (Lipinski definition) is 3. The van der Waals surface area contributed by atoms with E-state index in [1.54, 1.807) is 7.05 Å². The standard InChI is InChI=1S/C24H39N5O.HI/c1-7-15-29(16-8-2)22(19(4)5)18-28-24(26-9-3)27-14-13-20-11-10-12-21(17-20)23(30)25-6;/h7-8,10-12,17,19,22H,1-2,9,13-16,18H2,3-6H3,(H,25,30)(H2,26,27,28);1H. The summed E-state index contributed by atoms with van der Waals surface area (Å²) in [7, 11) is 1.64. The minimum Gasteiger partial charge on any atom is -0.357 e. The van der Waals surface area contributed by atoms with E-state index in [1.807, 2.05) is 36.4 Å². The number of amides is 1. The van der Waals surface area contributed by atoms with Crippen molar-refractivity contribution in [3.63, 3.8) is 0 Å². The molecule has 7 heteroatoms. The van der Waals surface area contributed by atoms with Crippen molar-refractivity contribution in [2.45, 2.75) is 33.2 Å². The van der Waals surface area contributed by atoms with Crippen LogP contribution in [0.1, 0.15) is 36.7 Å². The molecule has 0 spiro atoms. The van der Waals surface area contributed by atoms with Gasteiger partial charge in [0.1, 0.15) is 0 Å². The number of benzene rings is 1. The molecule has 1 aromatic rings. The average Bonchev–Trinajstić information content (AvgIpc) is 2.73. The van der Waals surface area contributed by atoms with E-state index >= 15 is 0 Å². The van der Waals surface area contributed by atoms with Gasteiger partial charge in [0.25, 0.3) is 5.91 Å². The summed E-state index contributed by atoms with van der Waals surface area (Å²) in [5.41, 5.74) is 1.79. The zero-order valence-corrected chi connectivity index (χ0v) is 21.8. The highest BCUT2D eigenvalue weighted by Crippen LogP contribution is 2.12. The lowest BCUT2D eigenvalue weighted by atomic mass is 10.0. The molecule has 31 heavy (non-hydrogen) atoms. The third-order valence-electron chi connectivity index (χ3n) is 4.87. The minimum atomic E-state index is -0.0666. The molecular formula is C24H40IN5O. The van der Waals surface area contributed by atoms with Crippen LogP contribution in [0.4, 0.5) is 0 Å². The molecule has 0 heterocycles. The number of rotatable bonds is 13. The zero-order chi connectivity index (χ0) is 22.4. The fourth-order valence-electron chi connectivity index (χ4n) is 3.29. The van der Waals surface area contributed by atoms with E-state index in [9.17, 15) is 4.79 Å². The van der Waals surface area contributed by atoms with Crippen LogP contribution in [0.15, 0.2) is 54.6 Å². The molecule has 0 aliphatic heterocycles. The maximum Gasteiger partial charge on any atom is 0.251 e. The molecule has 0 aliphatic rings. The van der Waals surface area contributed by atoms with Crippen LogP contribution < -0.4 is 16.0 Å². The van der Waals surface area contributed by atoms with Gasteiger partial charge in [-0.15, -0.1) is 37.1 Å². The number of guanidine groups is 1. The van der Waals surface area contributed by atoms with Crippen LogP contribution >= 0.6 is 24.0 Å². The number of hydrogen-bond donors (Lipinski definition) is 3. The SMILES string of the molecule is C=CCN(CC=C)C(CN=C(NCC)NCCc1cccc(C(=O)NC)c1)C(C)C.I. The van der Waals surface area contributed by atoms with E-state index in [-0.39, 0.29) is 29.9 Å². The molecule has 0 aromatic heterocycles. The first-order valence-corrected chi connectivity index (χ1v) is 10.8. The van der Waals surface area contributed by atoms with E-state index < -0.39 is 0 Å². The number of halogens is 1. The molecular weight excluding hydrogens is 501 g/mol. The Morgan fingerprint density at radius 1 is 1.19 bits per heavy atom. The van der Waals surface area contributed by atoms with Gasteiger partial charge >= 0.3 is 0 Å². The van der Waals surface area contributed by atoms with Crippen LogP contribution in [-0.2, 0) is 6.42 Å². The number of carbonyl (C=O) groups is 1. The average molecular weight is 542 g/mol. The van der Waals surface area contributed by atoms with E-state index in [4.69, 9.17) is 4.99 Å². The van der Waals surface area contributed by atoms with Gasteiger partial charge in [-0.2, -0.15) is 0 Å². The zero-order valence-electron chi connectivity index (χ0n) is 19.5. The Hall–Kier alpha value is -1.87. The Morgan fingerprint density at radius 2 is 1.87 bits per heavy atom. The molecule has 0 fully saturated rings. The Bertz CT molecular complexity index is 695. The van der Waals surface area contributed by atoms with E-state index in [0.29, 0.717) is 24.1 Å². The second kappa shape index (κ2) is 16.8. The van der Waals surface area contributed by atoms with Gasteiger partial charge in [0.05, 0.1) is 6.54 Å². The summed E-state index contributed by atoms with van der Waals surface area (Å²) in [5.74, 6) is 1.20. The second-order valence-corrected chi connectivity index (χ2v) is 7.52. The van der Waals surface area contributed by atoms with Crippen LogP contribution in [0, 0.1) is 5.92 Å². The molecule has 3 N–H and O–H groups in total. The highest BCUT2D eigenvalue weighted by Gasteiger charge is 2.20. The summed E-state index contributed by atoms with van der Waals surface area (Å²) in [6, 6.07) is 8.02. The summed E-state index contributed by atoms with van der Waals surface area (Å²) in [4.78, 5) is 19.0. The summed E-state index contributed by atoms with van der Waals surface area (Å²) < 4.78 is 0. The van der Waals surface area contributed by atoms with Gasteiger partial charge in [0.2, 0.25) is 0 Å². The van der Waals surface area contributed by atoms with Crippen molar-refractivity contribution >= 4 is 35.8 Å². The van der Waals surface area contributed by atoms with Crippen LogP contribution in [0.25, 0.3) is 0 Å². The molecule has 0 saturated heterocycles. The van der Waals surface area contributed by atoms with E-state index in [0.717, 1.165) is 44.1 Å². The van der Waals surface area contributed by atoms with Gasteiger partial charge < -0.3 is 16.0 Å². The molecule has 174 valence electrons. The predicted molar refractivity (Wildman–Crippen MR) is 144 cm³/mol. The van der Waals surface area contributed by atoms with Crippen molar-refractivity contribution in [2.75, 3.05) is 39.8 Å². The topological polar surface area (TPSA) is 68.8 Å². The highest BCUT2D eigenvalue weighted by molar-refractivity contribution is 14.0. The molecule has 0 radical (unpaired) electrons. The van der Waals surface area contributed by atoms with Crippen molar-refractivity contribution in [3.8, 4) is 0 Å². The van der Waals surface area contributed by atoms with Gasteiger partial charge in [-0.1, -0.05) is 38.1 Å². The summed E-state index contributed by atoms with van der Waals surface area (Å²) in [6.07, 6.45) is 4.67. The van der Waals surface area contributed by atoms with Gasteiger partial charge in [-0.3, -0.25) is 14.7 Å². The number of aliphatic imine (C=N–C) groups is 1. The van der Waals surface area contributed by atoms with Crippen molar-refractivity contribution in [2.24, 2.45) is 10.9 Å². The quantitative estimate of drug-likeness (QED) is 0.155. The minimum absolute atomic E-state index is 0. The van der Waals surface area contributed by atoms with E-state index in [1.165, 1.54) is 0 Å². The van der Waals surface area contributed by atoms with Gasteiger partial charge in [0.15, 0.2) is 5.96 Å². The maximum absolute atomic E-state index is 11.8. The van der Waals surface area contributed by atoms with Crippen LogP contribution in [0.3, 0.4) is 0 Å². The summed E-state index contributed by atoms with van der Waals surface area (Å²) in [5, 5.41) is 9.39. The fourth-order valence-corrected chi connectivity index (χ4v) is 3.29. The lowest BCUT2D eigenvalue weighted by Gasteiger charge is -2.32. The van der Waals surface area contributed by atoms with Crippen LogP contribution in [0.2, 0.25) is 0 Å². The predicted octanol–water partition coefficient (Wildman–Crippen LogP) is 3.46. The van der Waals surface area contributed by atoms with Crippen molar-refractivity contribution in [1.29, 1.82) is 0 Å². The first-order chi connectivity index (χ1) is 14.5. The molecule has 1 unspecified atom stereocenters. The molecule has 1 aromatic carbocycles. The Kier molecular flexibility index (Phi) is 15.8. The number of carbonyl (C=O) groups excluding carboxylic acids is 1. The third-order valence-corrected chi connectivity index (χ3v) is 4.87. The number of nitrogens with zero attached hydrogens (tertiary/aromatic N) is 2. The first kappa shape index (κ1) is 29.1.